The molecule has 1 fully saturated rings. The molecule has 3 aromatic rings. The summed E-state index contributed by atoms with van der Waals surface area (Å²) in [4.78, 5) is 24.3. The summed E-state index contributed by atoms with van der Waals surface area (Å²) in [6.45, 7) is 5.65. The van der Waals surface area contributed by atoms with Gasteiger partial charge in [-0.25, -0.2) is 4.98 Å². The summed E-state index contributed by atoms with van der Waals surface area (Å²) in [7, 11) is 0. The lowest BCUT2D eigenvalue weighted by Crippen LogP contribution is -2.25. The van der Waals surface area contributed by atoms with Gasteiger partial charge < -0.3 is 4.52 Å². The second-order valence-electron chi connectivity index (χ2n) is 6.42. The molecular formula is C16H19N5O2S. The average Bonchev–Trinajstić information content (AvgIpc) is 3.26. The van der Waals surface area contributed by atoms with Crippen LogP contribution in [0.3, 0.4) is 0 Å². The van der Waals surface area contributed by atoms with E-state index in [0.29, 0.717) is 12.4 Å². The minimum atomic E-state index is -0.0337. The monoisotopic (exact) mass is 345 g/mol. The van der Waals surface area contributed by atoms with E-state index in [2.05, 4.69) is 20.0 Å². The first-order chi connectivity index (χ1) is 11.6. The highest BCUT2D eigenvalue weighted by atomic mass is 32.1. The zero-order valence-electron chi connectivity index (χ0n) is 13.7. The van der Waals surface area contributed by atoms with Crippen LogP contribution in [0.5, 0.6) is 0 Å². The maximum Gasteiger partial charge on any atom is 0.258 e. The summed E-state index contributed by atoms with van der Waals surface area (Å²) in [5.74, 6) is 1.64. The van der Waals surface area contributed by atoms with Crippen molar-refractivity contribution in [2.75, 3.05) is 6.54 Å². The molecule has 24 heavy (non-hydrogen) atoms. The first-order valence-electron chi connectivity index (χ1n) is 8.15. The normalized spacial score (nSPS) is 18.9. The molecule has 126 valence electrons. The average molecular weight is 345 g/mol. The molecule has 1 aliphatic heterocycles. The van der Waals surface area contributed by atoms with Crippen LogP contribution in [0.25, 0.3) is 4.96 Å². The van der Waals surface area contributed by atoms with Gasteiger partial charge in [-0.2, -0.15) is 4.98 Å². The number of nitrogens with zero attached hydrogens (tertiary/aromatic N) is 5. The maximum atomic E-state index is 12.1. The summed E-state index contributed by atoms with van der Waals surface area (Å²) in [6.07, 6.45) is 3.83. The van der Waals surface area contributed by atoms with E-state index in [1.165, 1.54) is 11.3 Å². The van der Waals surface area contributed by atoms with E-state index in [4.69, 9.17) is 4.52 Å². The van der Waals surface area contributed by atoms with Gasteiger partial charge in [-0.05, 0) is 19.4 Å². The molecule has 1 aliphatic rings. The Morgan fingerprint density at radius 3 is 3.08 bits per heavy atom. The fourth-order valence-corrected chi connectivity index (χ4v) is 3.84. The van der Waals surface area contributed by atoms with Gasteiger partial charge in [0.25, 0.3) is 5.56 Å². The van der Waals surface area contributed by atoms with E-state index in [1.807, 2.05) is 19.2 Å². The van der Waals surface area contributed by atoms with Gasteiger partial charge in [0.05, 0.1) is 11.7 Å². The van der Waals surface area contributed by atoms with Gasteiger partial charge in [-0.3, -0.25) is 14.1 Å². The van der Waals surface area contributed by atoms with Crippen LogP contribution in [-0.2, 0) is 6.54 Å². The molecule has 1 saturated heterocycles. The minimum Gasteiger partial charge on any atom is -0.339 e. The van der Waals surface area contributed by atoms with Crippen LogP contribution < -0.4 is 5.56 Å². The Hall–Kier alpha value is -2.06. The molecule has 0 bridgehead atoms. The van der Waals surface area contributed by atoms with Crippen LogP contribution >= 0.6 is 11.3 Å². The lowest BCUT2D eigenvalue weighted by molar-refractivity contribution is 0.231. The summed E-state index contributed by atoms with van der Waals surface area (Å²) >= 11 is 1.47. The zero-order chi connectivity index (χ0) is 16.7. The van der Waals surface area contributed by atoms with Crippen molar-refractivity contribution in [1.82, 2.24) is 24.4 Å². The smallest absolute Gasteiger partial charge is 0.258 e. The van der Waals surface area contributed by atoms with Crippen molar-refractivity contribution in [3.8, 4) is 0 Å². The predicted molar refractivity (Wildman–Crippen MR) is 90.1 cm³/mol. The Bertz CT molecular complexity index is 912. The van der Waals surface area contributed by atoms with Gasteiger partial charge in [0.1, 0.15) is 0 Å². The largest absolute Gasteiger partial charge is 0.339 e. The van der Waals surface area contributed by atoms with Crippen LogP contribution in [-0.4, -0.2) is 31.0 Å². The molecule has 3 aromatic heterocycles. The first kappa shape index (κ1) is 15.5. The van der Waals surface area contributed by atoms with E-state index in [1.54, 1.807) is 16.7 Å². The third-order valence-corrected chi connectivity index (χ3v) is 5.09. The van der Waals surface area contributed by atoms with Crippen LogP contribution in [0, 0.1) is 0 Å². The van der Waals surface area contributed by atoms with E-state index in [-0.39, 0.29) is 17.5 Å². The Kier molecular flexibility index (Phi) is 3.93. The molecule has 0 spiro atoms. The van der Waals surface area contributed by atoms with Gasteiger partial charge in [0.2, 0.25) is 5.89 Å². The molecule has 0 saturated carbocycles. The molecule has 1 atom stereocenters. The SMILES string of the molecule is CC(C)c1nc([C@H]2CCCN2Cc2cc(=O)n3ccsc3n2)no1. The molecule has 0 N–H and O–H groups in total. The second-order valence-corrected chi connectivity index (χ2v) is 7.29. The van der Waals surface area contributed by atoms with Crippen LogP contribution in [0.4, 0.5) is 0 Å². The van der Waals surface area contributed by atoms with Gasteiger partial charge in [-0.1, -0.05) is 19.0 Å². The standard InChI is InChI=1S/C16H19N5O2S/c1-10(2)15-18-14(19-23-15)12-4-3-5-20(12)9-11-8-13(22)21-6-7-24-16(21)17-11/h6-8,10,12H,3-5,9H2,1-2H3/t12-/m1/s1. The lowest BCUT2D eigenvalue weighted by atomic mass is 10.2. The maximum absolute atomic E-state index is 12.1. The summed E-state index contributed by atoms with van der Waals surface area (Å²) in [5.41, 5.74) is 0.760. The molecule has 0 unspecified atom stereocenters. The van der Waals surface area contributed by atoms with Gasteiger partial charge >= 0.3 is 0 Å². The summed E-state index contributed by atoms with van der Waals surface area (Å²) in [6, 6.07) is 1.75. The highest BCUT2D eigenvalue weighted by Gasteiger charge is 2.30. The van der Waals surface area contributed by atoms with Gasteiger partial charge in [0, 0.05) is 30.1 Å². The third-order valence-electron chi connectivity index (χ3n) is 4.33. The number of rotatable bonds is 4. The number of aromatic nitrogens is 4. The molecule has 4 rings (SSSR count). The quantitative estimate of drug-likeness (QED) is 0.723. The highest BCUT2D eigenvalue weighted by molar-refractivity contribution is 7.15. The molecule has 0 amide bonds. The van der Waals surface area contributed by atoms with Gasteiger partial charge in [-0.15, -0.1) is 11.3 Å². The van der Waals surface area contributed by atoms with Crippen molar-refractivity contribution >= 4 is 16.3 Å². The lowest BCUT2D eigenvalue weighted by Gasteiger charge is -2.21. The summed E-state index contributed by atoms with van der Waals surface area (Å²) < 4.78 is 6.92. The number of fused-ring (bicyclic) bond motifs is 1. The fraction of sp³-hybridized carbons (Fsp3) is 0.500. The Morgan fingerprint density at radius 1 is 1.42 bits per heavy atom. The molecule has 0 aromatic carbocycles. The topological polar surface area (TPSA) is 76.5 Å². The second kappa shape index (κ2) is 6.10. The number of hydrogen-bond donors (Lipinski definition) is 0. The van der Waals surface area contributed by atoms with Crippen LogP contribution in [0.1, 0.15) is 56.1 Å². The molecule has 8 heteroatoms. The van der Waals surface area contributed by atoms with E-state index in [0.717, 1.165) is 35.9 Å². The molecule has 4 heterocycles. The molecular weight excluding hydrogens is 326 g/mol. The Morgan fingerprint density at radius 2 is 2.29 bits per heavy atom. The van der Waals surface area contributed by atoms with Crippen molar-refractivity contribution in [3.05, 3.63) is 45.4 Å². The molecule has 0 radical (unpaired) electrons. The highest BCUT2D eigenvalue weighted by Crippen LogP contribution is 2.31. The van der Waals surface area contributed by atoms with Crippen molar-refractivity contribution < 1.29 is 4.52 Å². The summed E-state index contributed by atoms with van der Waals surface area (Å²) in [5, 5.41) is 6.03. The fourth-order valence-electron chi connectivity index (χ4n) is 3.10. The van der Waals surface area contributed by atoms with E-state index >= 15 is 0 Å². The number of hydrogen-bond acceptors (Lipinski definition) is 7. The van der Waals surface area contributed by atoms with Gasteiger partial charge in [0.15, 0.2) is 10.8 Å². The van der Waals surface area contributed by atoms with Crippen molar-refractivity contribution in [2.45, 2.75) is 45.2 Å². The Labute approximate surface area is 142 Å². The van der Waals surface area contributed by atoms with Crippen molar-refractivity contribution in [1.29, 1.82) is 0 Å². The Balaban J connectivity index is 1.58. The van der Waals surface area contributed by atoms with Crippen LogP contribution in [0.15, 0.2) is 27.0 Å². The first-order valence-corrected chi connectivity index (χ1v) is 9.03. The van der Waals surface area contributed by atoms with Crippen LogP contribution in [0.2, 0.25) is 0 Å². The van der Waals surface area contributed by atoms with Crippen molar-refractivity contribution in [3.63, 3.8) is 0 Å². The predicted octanol–water partition coefficient (Wildman–Crippen LogP) is 2.60. The number of thiazole rings is 1. The minimum absolute atomic E-state index is 0.0337. The van der Waals surface area contributed by atoms with Crippen molar-refractivity contribution in [2.24, 2.45) is 0 Å². The molecule has 7 nitrogen and oxygen atoms in total. The molecule has 0 aliphatic carbocycles. The van der Waals surface area contributed by atoms with E-state index in [9.17, 15) is 4.79 Å². The zero-order valence-corrected chi connectivity index (χ0v) is 14.5. The number of likely N-dealkylation sites (tertiary alicyclic amines) is 1. The third kappa shape index (κ3) is 2.76. The van der Waals surface area contributed by atoms with E-state index < -0.39 is 0 Å².